The molecule has 0 saturated heterocycles. The van der Waals surface area contributed by atoms with Crippen molar-refractivity contribution in [2.45, 2.75) is 0 Å². The minimum absolute atomic E-state index is 0.0423. The van der Waals surface area contributed by atoms with Crippen LogP contribution in [-0.2, 0) is 14.3 Å². The van der Waals surface area contributed by atoms with E-state index in [2.05, 4.69) is 10.3 Å². The van der Waals surface area contributed by atoms with Crippen LogP contribution in [0.5, 0.6) is 0 Å². The van der Waals surface area contributed by atoms with E-state index in [1.54, 1.807) is 25.4 Å². The molecule has 0 saturated carbocycles. The van der Waals surface area contributed by atoms with E-state index in [4.69, 9.17) is 15.2 Å². The number of carbonyl (C=O) groups excluding carboxylic acids is 1. The van der Waals surface area contributed by atoms with Crippen molar-refractivity contribution in [1.29, 1.82) is 0 Å². The van der Waals surface area contributed by atoms with Crippen molar-refractivity contribution in [2.24, 2.45) is 0 Å². The van der Waals surface area contributed by atoms with Gasteiger partial charge in [-0.05, 0) is 12.1 Å². The fraction of sp³-hybridized carbons (Fsp3) is 0.400. The molecule has 1 aromatic heterocycles. The van der Waals surface area contributed by atoms with Crippen molar-refractivity contribution in [3.05, 3.63) is 18.3 Å². The molecule has 0 radical (unpaired) electrons. The number of ether oxygens (including phenoxy) is 2. The number of carbonyl (C=O) groups is 1. The van der Waals surface area contributed by atoms with Crippen LogP contribution in [0, 0.1) is 0 Å². The Bertz CT molecular complexity index is 344. The SMILES string of the molecule is COCCOCC(=O)Nc1ncccc1N. The van der Waals surface area contributed by atoms with Gasteiger partial charge in [0.2, 0.25) is 0 Å². The summed E-state index contributed by atoms with van der Waals surface area (Å²) in [6, 6.07) is 3.36. The molecule has 0 aliphatic rings. The molecule has 6 nitrogen and oxygen atoms in total. The van der Waals surface area contributed by atoms with E-state index >= 15 is 0 Å². The van der Waals surface area contributed by atoms with Crippen molar-refractivity contribution < 1.29 is 14.3 Å². The van der Waals surface area contributed by atoms with Crippen LogP contribution in [0.3, 0.4) is 0 Å². The third-order valence-electron chi connectivity index (χ3n) is 1.76. The van der Waals surface area contributed by atoms with Crippen LogP contribution >= 0.6 is 0 Å². The van der Waals surface area contributed by atoms with Crippen LogP contribution < -0.4 is 11.1 Å². The lowest BCUT2D eigenvalue weighted by Gasteiger charge is -2.06. The van der Waals surface area contributed by atoms with Crippen LogP contribution in [0.4, 0.5) is 11.5 Å². The summed E-state index contributed by atoms with van der Waals surface area (Å²) in [5.74, 6) is 0.0596. The number of nitrogens with two attached hydrogens (primary N) is 1. The maximum atomic E-state index is 11.4. The lowest BCUT2D eigenvalue weighted by atomic mass is 10.4. The number of nitrogens with zero attached hydrogens (tertiary/aromatic N) is 1. The average molecular weight is 225 g/mol. The zero-order valence-electron chi connectivity index (χ0n) is 9.10. The van der Waals surface area contributed by atoms with Gasteiger partial charge >= 0.3 is 0 Å². The lowest BCUT2D eigenvalue weighted by Crippen LogP contribution is -2.20. The highest BCUT2D eigenvalue weighted by Crippen LogP contribution is 2.12. The lowest BCUT2D eigenvalue weighted by molar-refractivity contribution is -0.121. The number of hydrogen-bond acceptors (Lipinski definition) is 5. The van der Waals surface area contributed by atoms with Gasteiger partial charge in [0.15, 0.2) is 5.82 Å². The van der Waals surface area contributed by atoms with Crippen molar-refractivity contribution in [3.63, 3.8) is 0 Å². The second-order valence-electron chi connectivity index (χ2n) is 3.03. The highest BCUT2D eigenvalue weighted by atomic mass is 16.5. The van der Waals surface area contributed by atoms with Crippen LogP contribution in [-0.4, -0.2) is 37.8 Å². The van der Waals surface area contributed by atoms with Gasteiger partial charge in [0.05, 0.1) is 18.9 Å². The Kier molecular flexibility index (Phi) is 5.24. The van der Waals surface area contributed by atoms with Crippen molar-refractivity contribution in [2.75, 3.05) is 38.0 Å². The normalized spacial score (nSPS) is 10.1. The van der Waals surface area contributed by atoms with Crippen molar-refractivity contribution in [1.82, 2.24) is 4.98 Å². The molecule has 0 atom stereocenters. The molecule has 1 aromatic rings. The second kappa shape index (κ2) is 6.76. The molecule has 1 heterocycles. The standard InChI is InChI=1S/C10H15N3O3/c1-15-5-6-16-7-9(14)13-10-8(11)3-2-4-12-10/h2-4H,5-7,11H2,1H3,(H,12,13,14). The largest absolute Gasteiger partial charge is 0.396 e. The average Bonchev–Trinajstić information content (AvgIpc) is 2.28. The molecule has 1 rings (SSSR count). The predicted molar refractivity (Wildman–Crippen MR) is 60.0 cm³/mol. The highest BCUT2D eigenvalue weighted by Gasteiger charge is 2.05. The summed E-state index contributed by atoms with van der Waals surface area (Å²) in [5, 5.41) is 2.55. The number of nitrogens with one attached hydrogen (secondary N) is 1. The van der Waals surface area contributed by atoms with Crippen LogP contribution in [0.25, 0.3) is 0 Å². The zero-order chi connectivity index (χ0) is 11.8. The Balaban J connectivity index is 2.32. The first-order chi connectivity index (χ1) is 7.74. The molecule has 88 valence electrons. The number of amides is 1. The first-order valence-electron chi connectivity index (χ1n) is 4.81. The van der Waals surface area contributed by atoms with Gasteiger partial charge in [-0.3, -0.25) is 4.79 Å². The summed E-state index contributed by atoms with van der Waals surface area (Å²) >= 11 is 0. The summed E-state index contributed by atoms with van der Waals surface area (Å²) in [7, 11) is 1.57. The van der Waals surface area contributed by atoms with Gasteiger partial charge < -0.3 is 20.5 Å². The molecule has 0 spiro atoms. The monoisotopic (exact) mass is 225 g/mol. The maximum Gasteiger partial charge on any atom is 0.251 e. The van der Waals surface area contributed by atoms with Crippen molar-refractivity contribution >= 4 is 17.4 Å². The maximum absolute atomic E-state index is 11.4. The van der Waals surface area contributed by atoms with Crippen LogP contribution in [0.2, 0.25) is 0 Å². The van der Waals surface area contributed by atoms with E-state index in [1.165, 1.54) is 0 Å². The summed E-state index contributed by atoms with van der Waals surface area (Å²) in [5.41, 5.74) is 6.03. The molecule has 0 unspecified atom stereocenters. The minimum Gasteiger partial charge on any atom is -0.396 e. The Labute approximate surface area is 93.8 Å². The van der Waals surface area contributed by atoms with Gasteiger partial charge in [0.1, 0.15) is 6.61 Å². The molecule has 0 aliphatic carbocycles. The number of anilines is 2. The van der Waals surface area contributed by atoms with E-state index in [-0.39, 0.29) is 12.5 Å². The fourth-order valence-electron chi connectivity index (χ4n) is 0.997. The van der Waals surface area contributed by atoms with Gasteiger partial charge in [-0.1, -0.05) is 0 Å². The molecule has 0 aliphatic heterocycles. The van der Waals surface area contributed by atoms with Crippen molar-refractivity contribution in [3.8, 4) is 0 Å². The van der Waals surface area contributed by atoms with E-state index in [9.17, 15) is 4.79 Å². The quantitative estimate of drug-likeness (QED) is 0.678. The molecular weight excluding hydrogens is 210 g/mol. The third-order valence-corrected chi connectivity index (χ3v) is 1.76. The first kappa shape index (κ1) is 12.4. The van der Waals surface area contributed by atoms with E-state index in [0.717, 1.165) is 0 Å². The summed E-state index contributed by atoms with van der Waals surface area (Å²) in [4.78, 5) is 15.3. The Hall–Kier alpha value is -1.66. The number of methoxy groups -OCH3 is 1. The topological polar surface area (TPSA) is 86.5 Å². The van der Waals surface area contributed by atoms with E-state index < -0.39 is 0 Å². The predicted octanol–water partition coefficient (Wildman–Crippen LogP) is 0.265. The Morgan fingerprint density at radius 2 is 2.38 bits per heavy atom. The highest BCUT2D eigenvalue weighted by molar-refractivity contribution is 5.93. The number of rotatable bonds is 6. The summed E-state index contributed by atoms with van der Waals surface area (Å²) in [6.07, 6.45) is 1.55. The fourth-order valence-corrected chi connectivity index (χ4v) is 0.997. The second-order valence-corrected chi connectivity index (χ2v) is 3.03. The van der Waals surface area contributed by atoms with E-state index in [1.807, 2.05) is 0 Å². The summed E-state index contributed by atoms with van der Waals surface area (Å²) < 4.78 is 9.81. The van der Waals surface area contributed by atoms with E-state index in [0.29, 0.717) is 24.7 Å². The van der Waals surface area contributed by atoms with Gasteiger partial charge in [-0.15, -0.1) is 0 Å². The number of hydrogen-bond donors (Lipinski definition) is 2. The summed E-state index contributed by atoms with van der Waals surface area (Å²) in [6.45, 7) is 0.792. The molecule has 1 amide bonds. The van der Waals surface area contributed by atoms with Gasteiger partial charge in [-0.2, -0.15) is 0 Å². The van der Waals surface area contributed by atoms with Gasteiger partial charge in [0.25, 0.3) is 5.91 Å². The van der Waals surface area contributed by atoms with Gasteiger partial charge in [-0.25, -0.2) is 4.98 Å². The first-order valence-corrected chi connectivity index (χ1v) is 4.81. The van der Waals surface area contributed by atoms with Gasteiger partial charge in [0, 0.05) is 13.3 Å². The molecule has 0 aromatic carbocycles. The van der Waals surface area contributed by atoms with Crippen LogP contribution in [0.1, 0.15) is 0 Å². The Morgan fingerprint density at radius 3 is 3.06 bits per heavy atom. The number of aromatic nitrogens is 1. The van der Waals surface area contributed by atoms with Crippen LogP contribution in [0.15, 0.2) is 18.3 Å². The molecule has 0 bridgehead atoms. The zero-order valence-corrected chi connectivity index (χ0v) is 9.10. The Morgan fingerprint density at radius 1 is 1.56 bits per heavy atom. The molecule has 16 heavy (non-hydrogen) atoms. The molecule has 0 fully saturated rings. The number of pyridine rings is 1. The molecule has 6 heteroatoms. The third kappa shape index (κ3) is 4.24. The number of nitrogen functional groups attached to an aromatic ring is 1. The smallest absolute Gasteiger partial charge is 0.251 e. The molecular formula is C10H15N3O3. The minimum atomic E-state index is -0.290. The molecule has 3 N–H and O–H groups in total.